The number of carbonyl (C=O) groups is 1. The van der Waals surface area contributed by atoms with Gasteiger partial charge in [-0.15, -0.1) is 0 Å². The van der Waals surface area contributed by atoms with Crippen molar-refractivity contribution in [2.24, 2.45) is 0 Å². The zero-order valence-corrected chi connectivity index (χ0v) is 17.9. The van der Waals surface area contributed by atoms with Crippen molar-refractivity contribution in [2.45, 2.75) is 32.9 Å². The summed E-state index contributed by atoms with van der Waals surface area (Å²) in [5.74, 6) is -1.17. The Hall–Kier alpha value is -3.27. The third-order valence-corrected chi connectivity index (χ3v) is 5.68. The fourth-order valence-corrected chi connectivity index (χ4v) is 4.03. The molecule has 1 aliphatic heterocycles. The number of carbonyl (C=O) groups excluding carboxylic acids is 1. The average Bonchev–Trinajstić information content (AvgIpc) is 3.13. The second-order valence-corrected chi connectivity index (χ2v) is 7.81. The van der Waals surface area contributed by atoms with E-state index in [2.05, 4.69) is 37.1 Å². The number of nitrogens with zero attached hydrogens (tertiary/aromatic N) is 5. The van der Waals surface area contributed by atoms with E-state index < -0.39 is 11.7 Å². The van der Waals surface area contributed by atoms with Crippen molar-refractivity contribution in [3.8, 4) is 0 Å². The maximum Gasteiger partial charge on any atom is 0.272 e. The lowest BCUT2D eigenvalue weighted by Crippen LogP contribution is -2.51. The van der Waals surface area contributed by atoms with Gasteiger partial charge in [0.05, 0.1) is 17.6 Å². The predicted octanol–water partition coefficient (Wildman–Crippen LogP) is 1.19. The van der Waals surface area contributed by atoms with Crippen LogP contribution in [0.5, 0.6) is 0 Å². The topological polar surface area (TPSA) is 98.6 Å². The van der Waals surface area contributed by atoms with Crippen molar-refractivity contribution in [1.29, 1.82) is 0 Å². The molecular formula is C21H26FN7O2. The van der Waals surface area contributed by atoms with Gasteiger partial charge in [-0.2, -0.15) is 5.10 Å². The molecule has 1 saturated heterocycles. The summed E-state index contributed by atoms with van der Waals surface area (Å²) in [5.41, 5.74) is 2.65. The van der Waals surface area contributed by atoms with Gasteiger partial charge < -0.3 is 15.2 Å². The summed E-state index contributed by atoms with van der Waals surface area (Å²) < 4.78 is 16.0. The first kappa shape index (κ1) is 21.0. The Balaban J connectivity index is 1.45. The minimum absolute atomic E-state index is 0.0769. The number of nitrogens with one attached hydrogen (secondary N) is 2. The highest BCUT2D eigenvalue weighted by atomic mass is 19.1. The molecule has 3 aromatic rings. The largest absolute Gasteiger partial charge is 0.365 e. The molecule has 4 heterocycles. The highest BCUT2D eigenvalue weighted by molar-refractivity contribution is 5.92. The van der Waals surface area contributed by atoms with Crippen LogP contribution in [0.15, 0.2) is 29.3 Å². The molecule has 10 heteroatoms. The summed E-state index contributed by atoms with van der Waals surface area (Å²) in [6.45, 7) is 6.91. The van der Waals surface area contributed by atoms with E-state index in [1.54, 1.807) is 16.9 Å². The van der Waals surface area contributed by atoms with E-state index in [0.29, 0.717) is 36.4 Å². The number of hydrogen-bond acceptors (Lipinski definition) is 6. The van der Waals surface area contributed by atoms with E-state index in [-0.39, 0.29) is 17.3 Å². The minimum atomic E-state index is -0.628. The van der Waals surface area contributed by atoms with Gasteiger partial charge in [-0.1, -0.05) is 6.92 Å². The second-order valence-electron chi connectivity index (χ2n) is 7.81. The van der Waals surface area contributed by atoms with Crippen molar-refractivity contribution in [1.82, 2.24) is 29.8 Å². The molecule has 31 heavy (non-hydrogen) atoms. The van der Waals surface area contributed by atoms with Crippen molar-refractivity contribution in [2.75, 3.05) is 31.6 Å². The predicted molar refractivity (Wildman–Crippen MR) is 115 cm³/mol. The summed E-state index contributed by atoms with van der Waals surface area (Å²) in [6.07, 6.45) is 3.98. The molecule has 0 aliphatic carbocycles. The van der Waals surface area contributed by atoms with Crippen molar-refractivity contribution in [3.63, 3.8) is 0 Å². The summed E-state index contributed by atoms with van der Waals surface area (Å²) in [6, 6.07) is 3.40. The van der Waals surface area contributed by atoms with E-state index in [1.165, 1.54) is 13.1 Å². The van der Waals surface area contributed by atoms with Gasteiger partial charge in [-0.05, 0) is 13.3 Å². The molecule has 3 aromatic heterocycles. The van der Waals surface area contributed by atoms with Crippen LogP contribution in [0.1, 0.15) is 35.6 Å². The number of halogens is 1. The van der Waals surface area contributed by atoms with Crippen LogP contribution in [0.3, 0.4) is 0 Å². The van der Waals surface area contributed by atoms with Gasteiger partial charge >= 0.3 is 0 Å². The maximum absolute atomic E-state index is 14.3. The lowest BCUT2D eigenvalue weighted by Gasteiger charge is -2.41. The van der Waals surface area contributed by atoms with Crippen LogP contribution >= 0.6 is 0 Å². The number of H-pyrrole nitrogens is 1. The molecule has 0 spiro atoms. The van der Waals surface area contributed by atoms with Gasteiger partial charge in [0.1, 0.15) is 5.65 Å². The molecule has 0 bridgehead atoms. The molecule has 2 N–H and O–H groups in total. The first-order chi connectivity index (χ1) is 14.9. The monoisotopic (exact) mass is 427 g/mol. The Kier molecular flexibility index (Phi) is 5.73. The molecule has 0 aromatic carbocycles. The van der Waals surface area contributed by atoms with Gasteiger partial charge in [-0.3, -0.25) is 14.5 Å². The lowest BCUT2D eigenvalue weighted by molar-refractivity contribution is 0.0953. The maximum atomic E-state index is 14.3. The van der Waals surface area contributed by atoms with Crippen molar-refractivity contribution < 1.29 is 9.18 Å². The van der Waals surface area contributed by atoms with Crippen LogP contribution in [-0.2, 0) is 13.0 Å². The van der Waals surface area contributed by atoms with E-state index >= 15 is 0 Å². The highest BCUT2D eigenvalue weighted by Crippen LogP contribution is 2.22. The van der Waals surface area contributed by atoms with Crippen molar-refractivity contribution >= 4 is 17.2 Å². The van der Waals surface area contributed by atoms with Crippen LogP contribution in [-0.4, -0.2) is 63.1 Å². The number of pyridine rings is 1. The molecule has 164 valence electrons. The zero-order valence-electron chi connectivity index (χ0n) is 17.9. The fourth-order valence-electron chi connectivity index (χ4n) is 4.03. The quantitative estimate of drug-likeness (QED) is 0.635. The molecule has 1 aliphatic rings. The number of rotatable bonds is 5. The fraction of sp³-hybridized carbons (Fsp3) is 0.429. The Bertz CT molecular complexity index is 1170. The van der Waals surface area contributed by atoms with Gasteiger partial charge in [-0.25, -0.2) is 13.9 Å². The highest BCUT2D eigenvalue weighted by Gasteiger charge is 2.26. The summed E-state index contributed by atoms with van der Waals surface area (Å²) in [5, 5.41) is 6.99. The number of aromatic nitrogens is 4. The lowest BCUT2D eigenvalue weighted by atomic mass is 10.1. The normalized spacial score (nSPS) is 17.3. The molecule has 0 saturated carbocycles. The van der Waals surface area contributed by atoms with E-state index in [9.17, 15) is 14.0 Å². The molecule has 0 radical (unpaired) electrons. The number of piperazine rings is 1. The van der Waals surface area contributed by atoms with Gasteiger partial charge in [0.25, 0.3) is 11.5 Å². The summed E-state index contributed by atoms with van der Waals surface area (Å²) in [4.78, 5) is 34.9. The van der Waals surface area contributed by atoms with Crippen LogP contribution in [0.25, 0.3) is 5.65 Å². The van der Waals surface area contributed by atoms with Crippen LogP contribution in [0.4, 0.5) is 10.1 Å². The second kappa shape index (κ2) is 8.46. The van der Waals surface area contributed by atoms with Crippen LogP contribution < -0.4 is 15.8 Å². The molecule has 1 fully saturated rings. The molecule has 1 atom stereocenters. The van der Waals surface area contributed by atoms with Crippen LogP contribution in [0.2, 0.25) is 0 Å². The number of amides is 1. The Morgan fingerprint density at radius 1 is 1.35 bits per heavy atom. The number of aromatic amines is 1. The molecule has 1 unspecified atom stereocenters. The average molecular weight is 427 g/mol. The minimum Gasteiger partial charge on any atom is -0.365 e. The van der Waals surface area contributed by atoms with Crippen LogP contribution in [0, 0.1) is 5.82 Å². The summed E-state index contributed by atoms with van der Waals surface area (Å²) in [7, 11) is 1.45. The number of hydrogen-bond donors (Lipinski definition) is 2. The SMILES string of the molecule is CCc1cn2nc(CN3CCN(c4cnc(C(=O)NC)c(F)c4)C(C)C3)cc2[nH]c1=O. The van der Waals surface area contributed by atoms with Crippen molar-refractivity contribution in [3.05, 3.63) is 57.6 Å². The standard InChI is InChI=1S/C21H26FN7O2/c1-4-14-11-29-18(25-20(14)30)7-15(26-29)12-27-5-6-28(13(2)10-27)16-8-17(22)19(24-9-16)21(31)23-3/h7-9,11,13H,4-6,10,12H2,1-3H3,(H,23,31)(H,25,30). The molecular weight excluding hydrogens is 401 g/mol. The third kappa shape index (κ3) is 4.15. The summed E-state index contributed by atoms with van der Waals surface area (Å²) >= 11 is 0. The number of aryl methyl sites for hydroxylation is 1. The first-order valence-corrected chi connectivity index (χ1v) is 10.4. The van der Waals surface area contributed by atoms with E-state index in [0.717, 1.165) is 18.8 Å². The number of anilines is 1. The van der Waals surface area contributed by atoms with Gasteiger partial charge in [0, 0.05) is 63.2 Å². The molecule has 1 amide bonds. The van der Waals surface area contributed by atoms with E-state index in [4.69, 9.17) is 0 Å². The van der Waals surface area contributed by atoms with E-state index in [1.807, 2.05) is 13.0 Å². The molecule has 4 rings (SSSR count). The smallest absolute Gasteiger partial charge is 0.272 e. The van der Waals surface area contributed by atoms with Gasteiger partial charge in [0.15, 0.2) is 11.5 Å². The first-order valence-electron chi connectivity index (χ1n) is 10.4. The van der Waals surface area contributed by atoms with Gasteiger partial charge in [0.2, 0.25) is 0 Å². The third-order valence-electron chi connectivity index (χ3n) is 5.68. The molecule has 9 nitrogen and oxygen atoms in total. The zero-order chi connectivity index (χ0) is 22.1. The Morgan fingerprint density at radius 2 is 2.16 bits per heavy atom. The number of fused-ring (bicyclic) bond motifs is 1. The Morgan fingerprint density at radius 3 is 2.84 bits per heavy atom. The Labute approximate surface area is 178 Å².